The molecule has 0 radical (unpaired) electrons. The number of esters is 1. The minimum Gasteiger partial charge on any atom is -0.468 e. The molecule has 0 fully saturated rings. The Hall–Kier alpha value is -1.34. The van der Waals surface area contributed by atoms with E-state index in [1.165, 1.54) is 47.7 Å². The molecule has 1 aliphatic carbocycles. The van der Waals surface area contributed by atoms with Crippen LogP contribution in [0.1, 0.15) is 43.7 Å². The third-order valence-corrected chi connectivity index (χ3v) is 6.34. The standard InChI is InChI=1S/C17H23N3O2S2/c1-10(2)20-16(18-19-17(20)24-9-15(21)22-4)13-8-23-14-7-11(3)5-6-12(13)14/h8,10-11H,5-7,9H2,1-4H3. The van der Waals surface area contributed by atoms with Gasteiger partial charge in [0.2, 0.25) is 0 Å². The van der Waals surface area contributed by atoms with Gasteiger partial charge in [-0.15, -0.1) is 21.5 Å². The molecule has 7 heteroatoms. The molecule has 5 nitrogen and oxygen atoms in total. The number of hydrogen-bond donors (Lipinski definition) is 0. The minimum absolute atomic E-state index is 0.230. The number of ether oxygens (including phenoxy) is 1. The van der Waals surface area contributed by atoms with E-state index in [0.717, 1.165) is 23.3 Å². The fraction of sp³-hybridized carbons (Fsp3) is 0.588. The Morgan fingerprint density at radius 2 is 2.29 bits per heavy atom. The van der Waals surface area contributed by atoms with Gasteiger partial charge in [0.15, 0.2) is 11.0 Å². The first-order valence-corrected chi connectivity index (χ1v) is 10.1. The van der Waals surface area contributed by atoms with E-state index in [9.17, 15) is 4.79 Å². The van der Waals surface area contributed by atoms with Crippen molar-refractivity contribution in [3.63, 3.8) is 0 Å². The Bertz CT molecular complexity index is 736. The molecule has 2 aromatic heterocycles. The van der Waals surface area contributed by atoms with Gasteiger partial charge in [0.25, 0.3) is 0 Å². The van der Waals surface area contributed by atoms with Gasteiger partial charge in [-0.1, -0.05) is 18.7 Å². The third-order valence-electron chi connectivity index (χ3n) is 4.37. The van der Waals surface area contributed by atoms with Crippen LogP contribution >= 0.6 is 23.1 Å². The minimum atomic E-state index is -0.248. The quantitative estimate of drug-likeness (QED) is 0.592. The number of carbonyl (C=O) groups excluding carboxylic acids is 1. The smallest absolute Gasteiger partial charge is 0.316 e. The lowest BCUT2D eigenvalue weighted by molar-refractivity contribution is -0.137. The van der Waals surface area contributed by atoms with Gasteiger partial charge in [0, 0.05) is 21.9 Å². The summed E-state index contributed by atoms with van der Waals surface area (Å²) in [6.07, 6.45) is 3.52. The van der Waals surface area contributed by atoms with Crippen molar-refractivity contribution in [3.8, 4) is 11.4 Å². The van der Waals surface area contributed by atoms with Crippen LogP contribution in [-0.2, 0) is 22.4 Å². The van der Waals surface area contributed by atoms with Crippen molar-refractivity contribution in [2.75, 3.05) is 12.9 Å². The molecule has 0 saturated heterocycles. The van der Waals surface area contributed by atoms with Crippen LogP contribution in [0.2, 0.25) is 0 Å². The molecule has 3 rings (SSSR count). The highest BCUT2D eigenvalue weighted by molar-refractivity contribution is 7.99. The first kappa shape index (κ1) is 17.5. The van der Waals surface area contributed by atoms with Crippen LogP contribution in [0.25, 0.3) is 11.4 Å². The molecule has 0 aliphatic heterocycles. The Morgan fingerprint density at radius 1 is 1.50 bits per heavy atom. The average molecular weight is 366 g/mol. The monoisotopic (exact) mass is 365 g/mol. The van der Waals surface area contributed by atoms with Gasteiger partial charge in [-0.3, -0.25) is 9.36 Å². The van der Waals surface area contributed by atoms with E-state index in [0.29, 0.717) is 0 Å². The fourth-order valence-electron chi connectivity index (χ4n) is 3.07. The predicted octanol–water partition coefficient (Wildman–Crippen LogP) is 3.98. The van der Waals surface area contributed by atoms with Crippen molar-refractivity contribution >= 4 is 29.1 Å². The molecular formula is C17H23N3O2S2. The third kappa shape index (κ3) is 3.37. The van der Waals surface area contributed by atoms with Gasteiger partial charge in [-0.05, 0) is 44.6 Å². The lowest BCUT2D eigenvalue weighted by Gasteiger charge is -2.19. The number of rotatable bonds is 5. The van der Waals surface area contributed by atoms with Crippen molar-refractivity contribution in [2.45, 2.75) is 51.2 Å². The number of fused-ring (bicyclic) bond motifs is 1. The van der Waals surface area contributed by atoms with E-state index >= 15 is 0 Å². The van der Waals surface area contributed by atoms with Crippen LogP contribution < -0.4 is 0 Å². The van der Waals surface area contributed by atoms with Gasteiger partial charge in [0.1, 0.15) is 0 Å². The molecule has 1 unspecified atom stereocenters. The lowest BCUT2D eigenvalue weighted by Crippen LogP contribution is -2.11. The fourth-order valence-corrected chi connectivity index (χ4v) is 5.21. The summed E-state index contributed by atoms with van der Waals surface area (Å²) in [6, 6.07) is 0.230. The number of thioether (sulfide) groups is 1. The molecule has 2 heterocycles. The zero-order valence-corrected chi connectivity index (χ0v) is 16.2. The van der Waals surface area contributed by atoms with Crippen LogP contribution in [-0.4, -0.2) is 33.6 Å². The summed E-state index contributed by atoms with van der Waals surface area (Å²) in [5.41, 5.74) is 2.66. The van der Waals surface area contributed by atoms with E-state index < -0.39 is 0 Å². The van der Waals surface area contributed by atoms with Crippen LogP contribution in [0.3, 0.4) is 0 Å². The second-order valence-corrected chi connectivity index (χ2v) is 8.44. The zero-order chi connectivity index (χ0) is 17.3. The van der Waals surface area contributed by atoms with Gasteiger partial charge in [-0.25, -0.2) is 0 Å². The SMILES string of the molecule is COC(=O)CSc1nnc(-c2csc3c2CCC(C)C3)n1C(C)C. The maximum absolute atomic E-state index is 11.4. The Balaban J connectivity index is 1.94. The summed E-state index contributed by atoms with van der Waals surface area (Å²) in [5.74, 6) is 1.69. The van der Waals surface area contributed by atoms with Gasteiger partial charge < -0.3 is 4.74 Å². The average Bonchev–Trinajstić information content (AvgIpc) is 3.15. The molecule has 0 bridgehead atoms. The zero-order valence-electron chi connectivity index (χ0n) is 14.5. The van der Waals surface area contributed by atoms with E-state index in [1.54, 1.807) is 0 Å². The summed E-state index contributed by atoms with van der Waals surface area (Å²) in [6.45, 7) is 6.56. The number of methoxy groups -OCH3 is 1. The largest absolute Gasteiger partial charge is 0.468 e. The Kier molecular flexibility index (Phi) is 5.30. The maximum atomic E-state index is 11.4. The summed E-state index contributed by atoms with van der Waals surface area (Å²) < 4.78 is 6.85. The van der Waals surface area contributed by atoms with E-state index in [1.807, 2.05) is 11.3 Å². The number of aromatic nitrogens is 3. The summed E-state index contributed by atoms with van der Waals surface area (Å²) in [7, 11) is 1.40. The van der Waals surface area contributed by atoms with E-state index in [4.69, 9.17) is 4.74 Å². The van der Waals surface area contributed by atoms with Crippen molar-refractivity contribution in [1.82, 2.24) is 14.8 Å². The molecule has 2 aromatic rings. The lowest BCUT2D eigenvalue weighted by atomic mass is 9.88. The predicted molar refractivity (Wildman–Crippen MR) is 97.6 cm³/mol. The molecule has 0 amide bonds. The summed E-state index contributed by atoms with van der Waals surface area (Å²) in [4.78, 5) is 12.9. The van der Waals surface area contributed by atoms with Crippen molar-refractivity contribution in [3.05, 3.63) is 15.8 Å². The number of thiophene rings is 1. The van der Waals surface area contributed by atoms with E-state index in [-0.39, 0.29) is 17.8 Å². The molecule has 1 aliphatic rings. The molecule has 1 atom stereocenters. The number of nitrogens with zero attached hydrogens (tertiary/aromatic N) is 3. The number of hydrogen-bond acceptors (Lipinski definition) is 6. The van der Waals surface area contributed by atoms with Gasteiger partial charge >= 0.3 is 5.97 Å². The first-order chi connectivity index (χ1) is 11.5. The highest BCUT2D eigenvalue weighted by Crippen LogP contribution is 2.39. The first-order valence-electron chi connectivity index (χ1n) is 8.25. The summed E-state index contributed by atoms with van der Waals surface area (Å²) in [5, 5.41) is 11.8. The van der Waals surface area contributed by atoms with E-state index in [2.05, 4.69) is 40.9 Å². The van der Waals surface area contributed by atoms with Crippen molar-refractivity contribution < 1.29 is 9.53 Å². The molecule has 24 heavy (non-hydrogen) atoms. The Labute approximate surface area is 150 Å². The second kappa shape index (κ2) is 7.27. The Morgan fingerprint density at radius 3 is 3.00 bits per heavy atom. The molecule has 0 spiro atoms. The highest BCUT2D eigenvalue weighted by atomic mass is 32.2. The molecule has 130 valence electrons. The van der Waals surface area contributed by atoms with Gasteiger partial charge in [0.05, 0.1) is 12.9 Å². The maximum Gasteiger partial charge on any atom is 0.316 e. The number of carbonyl (C=O) groups is 1. The summed E-state index contributed by atoms with van der Waals surface area (Å²) >= 11 is 3.22. The normalized spacial score (nSPS) is 17.1. The molecule has 0 aromatic carbocycles. The molecule has 0 N–H and O–H groups in total. The van der Waals surface area contributed by atoms with Crippen LogP contribution in [0.4, 0.5) is 0 Å². The topological polar surface area (TPSA) is 57.0 Å². The van der Waals surface area contributed by atoms with Crippen molar-refractivity contribution in [1.29, 1.82) is 0 Å². The van der Waals surface area contributed by atoms with Crippen LogP contribution in [0.5, 0.6) is 0 Å². The second-order valence-electron chi connectivity index (χ2n) is 6.53. The highest BCUT2D eigenvalue weighted by Gasteiger charge is 2.25. The van der Waals surface area contributed by atoms with Crippen LogP contribution in [0, 0.1) is 5.92 Å². The van der Waals surface area contributed by atoms with Crippen LogP contribution in [0.15, 0.2) is 10.5 Å². The molecule has 0 saturated carbocycles. The van der Waals surface area contributed by atoms with Crippen molar-refractivity contribution in [2.24, 2.45) is 5.92 Å². The molecular weight excluding hydrogens is 342 g/mol. The van der Waals surface area contributed by atoms with Gasteiger partial charge in [-0.2, -0.15) is 0 Å².